The summed E-state index contributed by atoms with van der Waals surface area (Å²) in [5.41, 5.74) is 4.03. The maximum Gasteiger partial charge on any atom is 0.140 e. The summed E-state index contributed by atoms with van der Waals surface area (Å²) in [4.78, 5) is 4.50. The van der Waals surface area contributed by atoms with Crippen LogP contribution < -0.4 is 5.32 Å². The predicted octanol–water partition coefficient (Wildman–Crippen LogP) is 2.35. The van der Waals surface area contributed by atoms with Crippen molar-refractivity contribution in [3.8, 4) is 0 Å². The van der Waals surface area contributed by atoms with Crippen LogP contribution in [0.25, 0.3) is 11.0 Å². The molecule has 0 unspecified atom stereocenters. The molecule has 0 radical (unpaired) electrons. The number of hydrogen-bond donors (Lipinski definition) is 1. The Bertz CT molecular complexity index is 536. The van der Waals surface area contributed by atoms with E-state index in [1.807, 2.05) is 12.3 Å². The van der Waals surface area contributed by atoms with Crippen molar-refractivity contribution in [1.82, 2.24) is 14.9 Å². The van der Waals surface area contributed by atoms with Crippen molar-refractivity contribution in [3.63, 3.8) is 0 Å². The highest BCUT2D eigenvalue weighted by Crippen LogP contribution is 2.34. The van der Waals surface area contributed by atoms with Crippen molar-refractivity contribution in [1.29, 1.82) is 0 Å². The van der Waals surface area contributed by atoms with Crippen LogP contribution >= 0.6 is 0 Å². The molecule has 0 bridgehead atoms. The van der Waals surface area contributed by atoms with Gasteiger partial charge in [0.05, 0.1) is 0 Å². The first-order valence-corrected chi connectivity index (χ1v) is 6.39. The molecule has 0 aromatic carbocycles. The van der Waals surface area contributed by atoms with Crippen LogP contribution in [0.4, 0.5) is 0 Å². The summed E-state index contributed by atoms with van der Waals surface area (Å²) in [5.74, 6) is 0.698. The highest BCUT2D eigenvalue weighted by molar-refractivity contribution is 5.82. The van der Waals surface area contributed by atoms with Crippen LogP contribution in [0.1, 0.15) is 30.0 Å². The molecule has 0 amide bonds. The molecule has 3 rings (SSSR count). The molecule has 3 heterocycles. The molecular formula is C14H19N3. The van der Waals surface area contributed by atoms with Crippen LogP contribution in [0.2, 0.25) is 0 Å². The van der Waals surface area contributed by atoms with Crippen LogP contribution in [0.3, 0.4) is 0 Å². The second-order valence-electron chi connectivity index (χ2n) is 4.96. The first-order valence-electron chi connectivity index (χ1n) is 6.39. The second kappa shape index (κ2) is 4.15. The van der Waals surface area contributed by atoms with E-state index in [1.54, 1.807) is 0 Å². The van der Waals surface area contributed by atoms with Gasteiger partial charge in [0.1, 0.15) is 5.65 Å². The topological polar surface area (TPSA) is 29.9 Å². The van der Waals surface area contributed by atoms with E-state index in [1.165, 1.54) is 29.5 Å². The molecule has 1 fully saturated rings. The number of aromatic nitrogens is 2. The summed E-state index contributed by atoms with van der Waals surface area (Å²) in [6.07, 6.45) is 4.37. The highest BCUT2D eigenvalue weighted by atomic mass is 15.0. The van der Waals surface area contributed by atoms with Gasteiger partial charge in [-0.2, -0.15) is 0 Å². The number of nitrogens with one attached hydrogen (secondary N) is 1. The number of nitrogens with zero attached hydrogens (tertiary/aromatic N) is 2. The molecule has 1 saturated heterocycles. The Hall–Kier alpha value is -1.35. The lowest BCUT2D eigenvalue weighted by Gasteiger charge is -2.23. The molecule has 2 aromatic rings. The second-order valence-corrected chi connectivity index (χ2v) is 4.96. The average molecular weight is 229 g/mol. The lowest BCUT2D eigenvalue weighted by Crippen LogP contribution is -2.26. The molecule has 0 aliphatic carbocycles. The van der Waals surface area contributed by atoms with Crippen molar-refractivity contribution in [2.45, 2.75) is 25.7 Å². The average Bonchev–Trinajstić information content (AvgIpc) is 2.64. The predicted molar refractivity (Wildman–Crippen MR) is 70.3 cm³/mol. The third kappa shape index (κ3) is 1.65. The molecule has 90 valence electrons. The lowest BCUT2D eigenvalue weighted by atomic mass is 9.88. The quantitative estimate of drug-likeness (QED) is 0.813. The van der Waals surface area contributed by atoms with Gasteiger partial charge >= 0.3 is 0 Å². The number of pyridine rings is 1. The lowest BCUT2D eigenvalue weighted by molar-refractivity contribution is 0.460. The largest absolute Gasteiger partial charge is 0.333 e. The zero-order valence-corrected chi connectivity index (χ0v) is 10.5. The fourth-order valence-corrected chi connectivity index (χ4v) is 3.03. The van der Waals surface area contributed by atoms with Gasteiger partial charge in [-0.1, -0.05) is 0 Å². The van der Waals surface area contributed by atoms with E-state index in [9.17, 15) is 0 Å². The summed E-state index contributed by atoms with van der Waals surface area (Å²) in [7, 11) is 2.12. The summed E-state index contributed by atoms with van der Waals surface area (Å²) < 4.78 is 2.23. The molecule has 0 spiro atoms. The summed E-state index contributed by atoms with van der Waals surface area (Å²) in [5, 5.41) is 4.78. The molecule has 3 nitrogen and oxygen atoms in total. The molecule has 0 saturated carbocycles. The molecule has 3 heteroatoms. The Morgan fingerprint density at radius 3 is 2.88 bits per heavy atom. The smallest absolute Gasteiger partial charge is 0.140 e. The number of aryl methyl sites for hydroxylation is 1. The van der Waals surface area contributed by atoms with Gasteiger partial charge in [-0.05, 0) is 56.5 Å². The molecule has 1 aliphatic heterocycles. The van der Waals surface area contributed by atoms with Gasteiger partial charge in [-0.15, -0.1) is 0 Å². The first-order chi connectivity index (χ1) is 8.29. The monoisotopic (exact) mass is 229 g/mol. The Kier molecular flexibility index (Phi) is 2.63. The Morgan fingerprint density at radius 1 is 1.35 bits per heavy atom. The van der Waals surface area contributed by atoms with E-state index >= 15 is 0 Å². The fourth-order valence-electron chi connectivity index (χ4n) is 3.03. The van der Waals surface area contributed by atoms with Gasteiger partial charge in [0, 0.05) is 24.3 Å². The molecule has 1 N–H and O–H groups in total. The third-order valence-electron chi connectivity index (χ3n) is 4.03. The molecule has 1 aliphatic rings. The molecular weight excluding hydrogens is 210 g/mol. The van der Waals surface area contributed by atoms with Gasteiger partial charge in [0.2, 0.25) is 0 Å². The Balaban J connectivity index is 2.17. The minimum atomic E-state index is 0.698. The maximum atomic E-state index is 4.50. The number of rotatable bonds is 1. The van der Waals surface area contributed by atoms with Crippen molar-refractivity contribution in [2.24, 2.45) is 7.05 Å². The van der Waals surface area contributed by atoms with Crippen LogP contribution in [0.15, 0.2) is 18.3 Å². The zero-order chi connectivity index (χ0) is 11.8. The van der Waals surface area contributed by atoms with Gasteiger partial charge in [0.15, 0.2) is 0 Å². The normalized spacial score (nSPS) is 17.8. The van der Waals surface area contributed by atoms with Gasteiger partial charge < -0.3 is 9.88 Å². The van der Waals surface area contributed by atoms with Crippen molar-refractivity contribution in [2.75, 3.05) is 13.1 Å². The number of piperidine rings is 1. The minimum Gasteiger partial charge on any atom is -0.333 e. The molecule has 2 aromatic heterocycles. The summed E-state index contributed by atoms with van der Waals surface area (Å²) in [6, 6.07) is 4.26. The van der Waals surface area contributed by atoms with E-state index in [0.717, 1.165) is 18.7 Å². The van der Waals surface area contributed by atoms with E-state index < -0.39 is 0 Å². The van der Waals surface area contributed by atoms with Crippen molar-refractivity contribution >= 4 is 11.0 Å². The standard InChI is InChI=1S/C14H19N3/c1-10-13(11-5-8-15-9-6-11)12-4-3-7-16-14(12)17(10)2/h3-4,7,11,15H,5-6,8-9H2,1-2H3. The van der Waals surface area contributed by atoms with E-state index in [0.29, 0.717) is 5.92 Å². The van der Waals surface area contributed by atoms with Crippen LogP contribution in [-0.2, 0) is 7.05 Å². The highest BCUT2D eigenvalue weighted by Gasteiger charge is 2.22. The molecule has 17 heavy (non-hydrogen) atoms. The van der Waals surface area contributed by atoms with Crippen LogP contribution in [0.5, 0.6) is 0 Å². The fraction of sp³-hybridized carbons (Fsp3) is 0.500. The Labute approximate surface area is 102 Å². The van der Waals surface area contributed by atoms with E-state index in [-0.39, 0.29) is 0 Å². The Morgan fingerprint density at radius 2 is 2.12 bits per heavy atom. The zero-order valence-electron chi connectivity index (χ0n) is 10.5. The minimum absolute atomic E-state index is 0.698. The van der Waals surface area contributed by atoms with E-state index in [2.05, 4.69) is 34.9 Å². The van der Waals surface area contributed by atoms with Gasteiger partial charge in [-0.3, -0.25) is 0 Å². The van der Waals surface area contributed by atoms with Gasteiger partial charge in [0.25, 0.3) is 0 Å². The van der Waals surface area contributed by atoms with Crippen LogP contribution in [0, 0.1) is 6.92 Å². The number of fused-ring (bicyclic) bond motifs is 1. The third-order valence-corrected chi connectivity index (χ3v) is 4.03. The number of hydrogen-bond acceptors (Lipinski definition) is 2. The first kappa shape index (κ1) is 10.8. The van der Waals surface area contributed by atoms with Crippen molar-refractivity contribution in [3.05, 3.63) is 29.6 Å². The maximum absolute atomic E-state index is 4.50. The van der Waals surface area contributed by atoms with Crippen molar-refractivity contribution < 1.29 is 0 Å². The molecule has 0 atom stereocenters. The van der Waals surface area contributed by atoms with E-state index in [4.69, 9.17) is 0 Å². The SMILES string of the molecule is Cc1c(C2CCNCC2)c2cccnc2n1C. The van der Waals surface area contributed by atoms with Crippen LogP contribution in [-0.4, -0.2) is 22.6 Å². The summed E-state index contributed by atoms with van der Waals surface area (Å²) >= 11 is 0. The van der Waals surface area contributed by atoms with Gasteiger partial charge in [-0.25, -0.2) is 4.98 Å². The summed E-state index contributed by atoms with van der Waals surface area (Å²) in [6.45, 7) is 4.50.